The minimum absolute atomic E-state index is 0.0787. The summed E-state index contributed by atoms with van der Waals surface area (Å²) in [6.07, 6.45) is 5.33. The van der Waals surface area contributed by atoms with Gasteiger partial charge in [0.25, 0.3) is 5.91 Å². The van der Waals surface area contributed by atoms with Crippen molar-refractivity contribution in [1.82, 2.24) is 30.0 Å². The second kappa shape index (κ2) is 11.6. The molecule has 0 radical (unpaired) electrons. The zero-order valence-electron chi connectivity index (χ0n) is 24.1. The van der Waals surface area contributed by atoms with Crippen LogP contribution < -0.4 is 10.2 Å². The number of aromatic hydroxyl groups is 1. The number of phenols is 1. The number of hydrogen-bond acceptors (Lipinski definition) is 7. The number of likely N-dealkylation sites (N-methyl/N-ethyl adjacent to an activating group) is 1. The van der Waals surface area contributed by atoms with Crippen molar-refractivity contribution in [2.75, 3.05) is 38.1 Å². The number of hydrogen-bond donors (Lipinski definition) is 2. The third-order valence-electron chi connectivity index (χ3n) is 7.58. The van der Waals surface area contributed by atoms with Crippen LogP contribution in [0.2, 0.25) is 0 Å². The maximum absolute atomic E-state index is 13.6. The molecular formula is C31H39N7O2. The Morgan fingerprint density at radius 1 is 1.10 bits per heavy atom. The molecule has 1 aliphatic rings. The average Bonchev–Trinajstić information content (AvgIpc) is 3.37. The van der Waals surface area contributed by atoms with Crippen LogP contribution in [0.5, 0.6) is 5.75 Å². The topological polar surface area (TPSA) is 99.4 Å². The van der Waals surface area contributed by atoms with Crippen LogP contribution in [-0.4, -0.2) is 68.9 Å². The fraction of sp³-hybridized carbons (Fsp3) is 0.419. The Labute approximate surface area is 235 Å². The van der Waals surface area contributed by atoms with Gasteiger partial charge in [0, 0.05) is 56.1 Å². The van der Waals surface area contributed by atoms with Gasteiger partial charge in [0.2, 0.25) is 0 Å². The first kappa shape index (κ1) is 27.6. The number of piperazine rings is 1. The van der Waals surface area contributed by atoms with Crippen molar-refractivity contribution in [3.05, 3.63) is 65.0 Å². The molecule has 1 aromatic carbocycles. The van der Waals surface area contributed by atoms with Gasteiger partial charge in [0.05, 0.1) is 22.8 Å². The quantitative estimate of drug-likeness (QED) is 0.333. The zero-order chi connectivity index (χ0) is 28.4. The zero-order valence-corrected chi connectivity index (χ0v) is 24.1. The summed E-state index contributed by atoms with van der Waals surface area (Å²) >= 11 is 0. The molecule has 0 aliphatic carbocycles. The number of pyridine rings is 2. The second-order valence-electron chi connectivity index (χ2n) is 11.0. The largest absolute Gasteiger partial charge is 0.508 e. The summed E-state index contributed by atoms with van der Waals surface area (Å²) in [6.45, 7) is 12.3. The second-order valence-corrected chi connectivity index (χ2v) is 11.0. The summed E-state index contributed by atoms with van der Waals surface area (Å²) in [4.78, 5) is 27.9. The SMILES string of the molecule is CCCc1cc(C)cc(O)c1CNC(=O)c1cc(-c2ccc(N3CCN(C)CC3)nc2)nc2c1cnn2C(C)C. The molecule has 9 nitrogen and oxygen atoms in total. The number of carbonyl (C=O) groups excluding carboxylic acids is 1. The molecule has 0 spiro atoms. The van der Waals surface area contributed by atoms with Crippen molar-refractivity contribution in [2.45, 2.75) is 53.1 Å². The Kier molecular flexibility index (Phi) is 8.02. The lowest BCUT2D eigenvalue weighted by Gasteiger charge is -2.33. The molecule has 1 saturated heterocycles. The predicted molar refractivity (Wildman–Crippen MR) is 159 cm³/mol. The van der Waals surface area contributed by atoms with E-state index in [1.54, 1.807) is 12.3 Å². The smallest absolute Gasteiger partial charge is 0.252 e. The fourth-order valence-electron chi connectivity index (χ4n) is 5.32. The first-order valence-electron chi connectivity index (χ1n) is 14.1. The number of benzene rings is 1. The first-order chi connectivity index (χ1) is 19.2. The number of nitrogens with zero attached hydrogens (tertiary/aromatic N) is 6. The van der Waals surface area contributed by atoms with Gasteiger partial charge in [-0.3, -0.25) is 4.79 Å². The van der Waals surface area contributed by atoms with Gasteiger partial charge in [-0.15, -0.1) is 0 Å². The van der Waals surface area contributed by atoms with E-state index in [1.807, 2.05) is 49.8 Å². The van der Waals surface area contributed by atoms with Gasteiger partial charge in [-0.05, 0) is 69.6 Å². The number of phenolic OH excluding ortho intramolecular Hbond substituents is 1. The molecule has 0 bridgehead atoms. The van der Waals surface area contributed by atoms with Crippen LogP contribution in [0.15, 0.2) is 42.7 Å². The number of aryl methyl sites for hydroxylation is 2. The minimum atomic E-state index is -0.235. The lowest BCUT2D eigenvalue weighted by molar-refractivity contribution is 0.0952. The lowest BCUT2D eigenvalue weighted by Crippen LogP contribution is -2.44. The van der Waals surface area contributed by atoms with Gasteiger partial charge >= 0.3 is 0 Å². The molecule has 2 N–H and O–H groups in total. The summed E-state index contributed by atoms with van der Waals surface area (Å²) < 4.78 is 1.84. The van der Waals surface area contributed by atoms with E-state index in [-0.39, 0.29) is 24.2 Å². The lowest BCUT2D eigenvalue weighted by atomic mass is 9.99. The van der Waals surface area contributed by atoms with E-state index in [1.165, 1.54) is 0 Å². The molecule has 0 unspecified atom stereocenters. The molecule has 4 heterocycles. The Hall–Kier alpha value is -3.98. The Morgan fingerprint density at radius 3 is 2.55 bits per heavy atom. The van der Waals surface area contributed by atoms with Gasteiger partial charge in [0.1, 0.15) is 11.6 Å². The monoisotopic (exact) mass is 541 g/mol. The highest BCUT2D eigenvalue weighted by Crippen LogP contribution is 2.28. The number of carbonyl (C=O) groups is 1. The Morgan fingerprint density at radius 2 is 1.88 bits per heavy atom. The molecule has 1 aliphatic heterocycles. The summed E-state index contributed by atoms with van der Waals surface area (Å²) in [5.41, 5.74) is 5.48. The van der Waals surface area contributed by atoms with Crippen molar-refractivity contribution in [2.24, 2.45) is 0 Å². The van der Waals surface area contributed by atoms with Crippen LogP contribution in [0.4, 0.5) is 5.82 Å². The highest BCUT2D eigenvalue weighted by atomic mass is 16.3. The van der Waals surface area contributed by atoms with Crippen LogP contribution in [0.25, 0.3) is 22.3 Å². The number of amides is 1. The van der Waals surface area contributed by atoms with E-state index < -0.39 is 0 Å². The van der Waals surface area contributed by atoms with Gasteiger partial charge in [0.15, 0.2) is 5.65 Å². The molecule has 9 heteroatoms. The fourth-order valence-corrected chi connectivity index (χ4v) is 5.32. The molecule has 3 aromatic heterocycles. The number of aromatic nitrogens is 4. The van der Waals surface area contributed by atoms with E-state index in [0.717, 1.165) is 67.1 Å². The highest BCUT2D eigenvalue weighted by Gasteiger charge is 2.20. The molecule has 4 aromatic rings. The van der Waals surface area contributed by atoms with E-state index in [2.05, 4.69) is 40.3 Å². The third-order valence-corrected chi connectivity index (χ3v) is 7.58. The van der Waals surface area contributed by atoms with Crippen molar-refractivity contribution < 1.29 is 9.90 Å². The molecule has 0 atom stereocenters. The van der Waals surface area contributed by atoms with Crippen LogP contribution in [-0.2, 0) is 13.0 Å². The van der Waals surface area contributed by atoms with Crippen LogP contribution in [0, 0.1) is 6.92 Å². The summed E-state index contributed by atoms with van der Waals surface area (Å²) in [7, 11) is 2.14. The summed E-state index contributed by atoms with van der Waals surface area (Å²) in [5.74, 6) is 0.925. The molecule has 40 heavy (non-hydrogen) atoms. The number of fused-ring (bicyclic) bond motifs is 1. The van der Waals surface area contributed by atoms with Gasteiger partial charge in [-0.2, -0.15) is 5.10 Å². The Bertz CT molecular complexity index is 1500. The maximum atomic E-state index is 13.6. The van der Waals surface area contributed by atoms with E-state index in [9.17, 15) is 9.90 Å². The van der Waals surface area contributed by atoms with Crippen LogP contribution >= 0.6 is 0 Å². The average molecular weight is 542 g/mol. The maximum Gasteiger partial charge on any atom is 0.252 e. The Balaban J connectivity index is 1.47. The van der Waals surface area contributed by atoms with Crippen molar-refractivity contribution in [3.8, 4) is 17.0 Å². The van der Waals surface area contributed by atoms with E-state index in [4.69, 9.17) is 9.97 Å². The van der Waals surface area contributed by atoms with Gasteiger partial charge in [-0.1, -0.05) is 19.4 Å². The number of nitrogens with one attached hydrogen (secondary N) is 1. The molecule has 1 amide bonds. The van der Waals surface area contributed by atoms with Gasteiger partial charge in [-0.25, -0.2) is 14.6 Å². The molecule has 5 rings (SSSR count). The van der Waals surface area contributed by atoms with Crippen molar-refractivity contribution in [1.29, 1.82) is 0 Å². The van der Waals surface area contributed by atoms with E-state index >= 15 is 0 Å². The first-order valence-corrected chi connectivity index (χ1v) is 14.1. The predicted octanol–water partition coefficient (Wildman–Crippen LogP) is 4.72. The highest BCUT2D eigenvalue weighted by molar-refractivity contribution is 6.06. The van der Waals surface area contributed by atoms with Crippen molar-refractivity contribution in [3.63, 3.8) is 0 Å². The van der Waals surface area contributed by atoms with Crippen LogP contribution in [0.1, 0.15) is 60.3 Å². The van der Waals surface area contributed by atoms with Crippen molar-refractivity contribution >= 4 is 22.8 Å². The molecule has 0 saturated carbocycles. The summed E-state index contributed by atoms with van der Waals surface area (Å²) in [5, 5.41) is 18.9. The third kappa shape index (κ3) is 5.65. The molecule has 210 valence electrons. The van der Waals surface area contributed by atoms with Crippen LogP contribution in [0.3, 0.4) is 0 Å². The molecule has 1 fully saturated rings. The number of rotatable bonds is 8. The minimum Gasteiger partial charge on any atom is -0.508 e. The standard InChI is InChI=1S/C31H39N7O2/c1-6-7-22-14-21(4)15-28(39)25(22)18-33-31(40)24-16-27(35-30-26(24)19-34-38(30)20(2)3)23-8-9-29(32-17-23)37-12-10-36(5)11-13-37/h8-9,14-17,19-20,39H,6-7,10-13,18H2,1-5H3,(H,33,40). The van der Waals surface area contributed by atoms with Gasteiger partial charge < -0.3 is 20.2 Å². The van der Waals surface area contributed by atoms with E-state index in [0.29, 0.717) is 22.3 Å². The molecular weight excluding hydrogens is 502 g/mol. The number of anilines is 1. The normalized spacial score (nSPS) is 14.3. The summed E-state index contributed by atoms with van der Waals surface area (Å²) in [6, 6.07) is 9.77.